The smallest absolute Gasteiger partial charge is 0.240 e. The summed E-state index contributed by atoms with van der Waals surface area (Å²) in [7, 11) is 0. The predicted molar refractivity (Wildman–Crippen MR) is 134 cm³/mol. The molecule has 5 nitrogen and oxygen atoms in total. The van der Waals surface area contributed by atoms with Gasteiger partial charge in [-0.15, -0.1) is 5.10 Å². The summed E-state index contributed by atoms with van der Waals surface area (Å²) < 4.78 is 8.26. The third-order valence-electron chi connectivity index (χ3n) is 6.48. The molecule has 0 N–H and O–H groups in total. The SMILES string of the molecule is C[C@H]1CCCN1CCCOc1nn(Cc2ccc(Cl)cc2)c2ccc(-c3cccnc3)cc12. The van der Waals surface area contributed by atoms with E-state index in [2.05, 4.69) is 41.1 Å². The molecular formula is C27H29ClN4O. The monoisotopic (exact) mass is 460 g/mol. The van der Waals surface area contributed by atoms with Crippen molar-refractivity contribution in [1.29, 1.82) is 0 Å². The molecule has 5 rings (SSSR count). The highest BCUT2D eigenvalue weighted by Gasteiger charge is 2.19. The van der Waals surface area contributed by atoms with Crippen LogP contribution in [0.25, 0.3) is 22.0 Å². The Morgan fingerprint density at radius 3 is 2.73 bits per heavy atom. The van der Waals surface area contributed by atoms with Crippen LogP contribution in [0.4, 0.5) is 0 Å². The van der Waals surface area contributed by atoms with Gasteiger partial charge in [-0.25, -0.2) is 0 Å². The molecule has 1 fully saturated rings. The van der Waals surface area contributed by atoms with E-state index in [1.807, 2.05) is 41.2 Å². The van der Waals surface area contributed by atoms with Crippen molar-refractivity contribution in [2.45, 2.75) is 38.8 Å². The van der Waals surface area contributed by atoms with Gasteiger partial charge in [0.25, 0.3) is 0 Å². The summed E-state index contributed by atoms with van der Waals surface area (Å²) in [5.41, 5.74) is 4.40. The summed E-state index contributed by atoms with van der Waals surface area (Å²) >= 11 is 6.07. The molecule has 1 aliphatic heterocycles. The maximum atomic E-state index is 6.25. The van der Waals surface area contributed by atoms with Crippen LogP contribution in [0.2, 0.25) is 5.02 Å². The Bertz CT molecular complexity index is 1210. The van der Waals surface area contributed by atoms with Crippen LogP contribution in [0.3, 0.4) is 0 Å². The lowest BCUT2D eigenvalue weighted by atomic mass is 10.1. The average molecular weight is 461 g/mol. The average Bonchev–Trinajstić information content (AvgIpc) is 3.41. The van der Waals surface area contributed by atoms with Crippen molar-refractivity contribution in [2.75, 3.05) is 19.7 Å². The summed E-state index contributed by atoms with van der Waals surface area (Å²) in [6.07, 6.45) is 7.29. The normalized spacial score (nSPS) is 16.5. The molecule has 170 valence electrons. The zero-order valence-corrected chi connectivity index (χ0v) is 19.7. The highest BCUT2D eigenvalue weighted by molar-refractivity contribution is 6.30. The summed E-state index contributed by atoms with van der Waals surface area (Å²) in [6.45, 7) is 5.92. The number of halogens is 1. The number of hydrogen-bond donors (Lipinski definition) is 0. The lowest BCUT2D eigenvalue weighted by Crippen LogP contribution is -2.28. The van der Waals surface area contributed by atoms with Gasteiger partial charge in [-0.05, 0) is 74.2 Å². The molecule has 1 saturated heterocycles. The van der Waals surface area contributed by atoms with Gasteiger partial charge in [-0.1, -0.05) is 35.9 Å². The molecule has 0 spiro atoms. The minimum atomic E-state index is 0.660. The first-order chi connectivity index (χ1) is 16.2. The third-order valence-corrected chi connectivity index (χ3v) is 6.73. The molecule has 2 aromatic heterocycles. The Labute approximate surface area is 200 Å². The second-order valence-electron chi connectivity index (χ2n) is 8.79. The number of rotatable bonds is 8. The van der Waals surface area contributed by atoms with E-state index in [0.717, 1.165) is 45.6 Å². The summed E-state index contributed by atoms with van der Waals surface area (Å²) in [5, 5.41) is 6.62. The van der Waals surface area contributed by atoms with E-state index in [1.54, 1.807) is 6.20 Å². The highest BCUT2D eigenvalue weighted by atomic mass is 35.5. The first kappa shape index (κ1) is 21.9. The number of ether oxygens (including phenoxy) is 1. The molecule has 33 heavy (non-hydrogen) atoms. The number of likely N-dealkylation sites (tertiary alicyclic amines) is 1. The first-order valence-electron chi connectivity index (χ1n) is 11.7. The van der Waals surface area contributed by atoms with Crippen molar-refractivity contribution >= 4 is 22.5 Å². The molecule has 0 saturated carbocycles. The minimum Gasteiger partial charge on any atom is -0.476 e. The number of pyridine rings is 1. The molecule has 6 heteroatoms. The van der Waals surface area contributed by atoms with Gasteiger partial charge in [-0.2, -0.15) is 0 Å². The van der Waals surface area contributed by atoms with Crippen LogP contribution >= 0.6 is 11.6 Å². The Morgan fingerprint density at radius 1 is 1.09 bits per heavy atom. The molecular weight excluding hydrogens is 432 g/mol. The molecule has 0 unspecified atom stereocenters. The van der Waals surface area contributed by atoms with Crippen molar-refractivity contribution in [3.8, 4) is 17.0 Å². The van der Waals surface area contributed by atoms with Crippen LogP contribution in [0.15, 0.2) is 67.0 Å². The van der Waals surface area contributed by atoms with E-state index >= 15 is 0 Å². The van der Waals surface area contributed by atoms with Crippen molar-refractivity contribution in [2.24, 2.45) is 0 Å². The van der Waals surface area contributed by atoms with E-state index in [4.69, 9.17) is 21.4 Å². The predicted octanol–water partition coefficient (Wildman–Crippen LogP) is 6.05. The fourth-order valence-electron chi connectivity index (χ4n) is 4.61. The molecule has 0 aliphatic carbocycles. The van der Waals surface area contributed by atoms with E-state index in [1.165, 1.54) is 19.4 Å². The van der Waals surface area contributed by atoms with Gasteiger partial charge in [0, 0.05) is 35.6 Å². The van der Waals surface area contributed by atoms with E-state index in [9.17, 15) is 0 Å². The molecule has 1 atom stereocenters. The van der Waals surface area contributed by atoms with E-state index in [-0.39, 0.29) is 0 Å². The molecule has 0 amide bonds. The fourth-order valence-corrected chi connectivity index (χ4v) is 4.74. The Hall–Kier alpha value is -2.89. The summed E-state index contributed by atoms with van der Waals surface area (Å²) in [4.78, 5) is 6.83. The number of nitrogens with zero attached hydrogens (tertiary/aromatic N) is 4. The third kappa shape index (κ3) is 5.05. The van der Waals surface area contributed by atoms with Crippen molar-refractivity contribution in [1.82, 2.24) is 19.7 Å². The number of fused-ring (bicyclic) bond motifs is 1. The molecule has 0 bridgehead atoms. The van der Waals surface area contributed by atoms with Crippen LogP contribution in [-0.2, 0) is 6.54 Å². The van der Waals surface area contributed by atoms with Crippen LogP contribution in [0.5, 0.6) is 5.88 Å². The van der Waals surface area contributed by atoms with Crippen molar-refractivity contribution in [3.05, 3.63) is 77.6 Å². The molecule has 2 aromatic carbocycles. The second-order valence-corrected chi connectivity index (χ2v) is 9.23. The highest BCUT2D eigenvalue weighted by Crippen LogP contribution is 2.31. The zero-order chi connectivity index (χ0) is 22.6. The molecule has 3 heterocycles. The van der Waals surface area contributed by atoms with Gasteiger partial charge in [0.2, 0.25) is 5.88 Å². The topological polar surface area (TPSA) is 43.2 Å². The van der Waals surface area contributed by atoms with Crippen LogP contribution in [0, 0.1) is 0 Å². The van der Waals surface area contributed by atoms with E-state index < -0.39 is 0 Å². The van der Waals surface area contributed by atoms with Gasteiger partial charge in [0.15, 0.2) is 0 Å². The number of hydrogen-bond acceptors (Lipinski definition) is 4. The van der Waals surface area contributed by atoms with Crippen LogP contribution in [-0.4, -0.2) is 45.4 Å². The Morgan fingerprint density at radius 2 is 1.97 bits per heavy atom. The van der Waals surface area contributed by atoms with Gasteiger partial charge in [0.1, 0.15) is 0 Å². The largest absolute Gasteiger partial charge is 0.476 e. The fraction of sp³-hybridized carbons (Fsp3) is 0.333. The van der Waals surface area contributed by atoms with Gasteiger partial charge in [-0.3, -0.25) is 9.67 Å². The quantitative estimate of drug-likeness (QED) is 0.300. The standard InChI is InChI=1S/C27H29ClN4O/c1-20-5-3-14-31(20)15-4-16-33-27-25-17-22(23-6-2-13-29-18-23)9-12-26(25)32(30-27)19-21-7-10-24(28)11-8-21/h2,6-13,17-18,20H,3-5,14-16,19H2,1H3/t20-/m0/s1. The number of aromatic nitrogens is 3. The van der Waals surface area contributed by atoms with Crippen molar-refractivity contribution in [3.63, 3.8) is 0 Å². The van der Waals surface area contributed by atoms with Crippen molar-refractivity contribution < 1.29 is 4.74 Å². The maximum absolute atomic E-state index is 6.25. The lowest BCUT2D eigenvalue weighted by Gasteiger charge is -2.20. The minimum absolute atomic E-state index is 0.660. The first-order valence-corrected chi connectivity index (χ1v) is 12.1. The second kappa shape index (κ2) is 9.94. The maximum Gasteiger partial charge on any atom is 0.240 e. The zero-order valence-electron chi connectivity index (χ0n) is 19.0. The summed E-state index contributed by atoms with van der Waals surface area (Å²) in [5.74, 6) is 0.694. The Balaban J connectivity index is 1.40. The number of benzene rings is 2. The van der Waals surface area contributed by atoms with E-state index in [0.29, 0.717) is 25.1 Å². The van der Waals surface area contributed by atoms with Crippen LogP contribution < -0.4 is 4.74 Å². The molecule has 1 aliphatic rings. The lowest BCUT2D eigenvalue weighted by molar-refractivity contribution is 0.227. The van der Waals surface area contributed by atoms with Gasteiger partial charge >= 0.3 is 0 Å². The van der Waals surface area contributed by atoms with Crippen LogP contribution in [0.1, 0.15) is 31.7 Å². The van der Waals surface area contributed by atoms with Gasteiger partial charge in [0.05, 0.1) is 24.1 Å². The molecule has 4 aromatic rings. The molecule has 0 radical (unpaired) electrons. The Kier molecular flexibility index (Phi) is 6.60. The van der Waals surface area contributed by atoms with Gasteiger partial charge < -0.3 is 9.64 Å². The summed E-state index contributed by atoms with van der Waals surface area (Å²) in [6, 6.07) is 19.0.